The van der Waals surface area contributed by atoms with Crippen molar-refractivity contribution in [3.05, 3.63) is 23.8 Å². The van der Waals surface area contributed by atoms with Crippen LogP contribution in [0.1, 0.15) is 19.4 Å². The van der Waals surface area contributed by atoms with Gasteiger partial charge >= 0.3 is 0 Å². The molecule has 0 fully saturated rings. The van der Waals surface area contributed by atoms with Crippen LogP contribution in [-0.2, 0) is 10.0 Å². The second-order valence-corrected chi connectivity index (χ2v) is 6.73. The molecule has 0 spiro atoms. The monoisotopic (exact) mass is 245 g/mol. The van der Waals surface area contributed by atoms with E-state index in [-0.39, 0.29) is 4.90 Å². The van der Waals surface area contributed by atoms with Gasteiger partial charge < -0.3 is 0 Å². The Bertz CT molecular complexity index is 452. The number of nitrogens with two attached hydrogens (primary N) is 1. The van der Waals surface area contributed by atoms with Crippen LogP contribution in [0.5, 0.6) is 0 Å². The molecule has 1 rings (SSSR count). The van der Waals surface area contributed by atoms with Gasteiger partial charge in [0.2, 0.25) is 10.0 Å². The van der Waals surface area contributed by atoms with E-state index in [0.717, 1.165) is 4.90 Å². The maximum atomic E-state index is 11.4. The molecule has 0 aliphatic heterocycles. The first-order valence-corrected chi connectivity index (χ1v) is 7.04. The minimum Gasteiger partial charge on any atom is -0.225 e. The Labute approximate surface area is 95.1 Å². The molecule has 0 unspecified atom stereocenters. The summed E-state index contributed by atoms with van der Waals surface area (Å²) in [5, 5.41) is 5.52. The van der Waals surface area contributed by atoms with Crippen LogP contribution < -0.4 is 5.14 Å². The van der Waals surface area contributed by atoms with Crippen molar-refractivity contribution in [3.8, 4) is 0 Å². The van der Waals surface area contributed by atoms with Crippen molar-refractivity contribution in [3.63, 3.8) is 0 Å². The first-order valence-electron chi connectivity index (χ1n) is 4.61. The number of primary sulfonamides is 1. The van der Waals surface area contributed by atoms with Gasteiger partial charge in [-0.15, -0.1) is 11.8 Å². The summed E-state index contributed by atoms with van der Waals surface area (Å²) in [5.74, 6) is 0. The molecule has 1 aromatic rings. The predicted molar refractivity (Wildman–Crippen MR) is 63.5 cm³/mol. The fourth-order valence-electron chi connectivity index (χ4n) is 1.34. The van der Waals surface area contributed by atoms with Gasteiger partial charge in [-0.1, -0.05) is 26.0 Å². The van der Waals surface area contributed by atoms with Crippen LogP contribution in [0, 0.1) is 6.92 Å². The lowest BCUT2D eigenvalue weighted by Crippen LogP contribution is -2.15. The highest BCUT2D eigenvalue weighted by molar-refractivity contribution is 8.00. The maximum Gasteiger partial charge on any atom is 0.239 e. The Kier molecular flexibility index (Phi) is 3.81. The first-order chi connectivity index (χ1) is 6.82. The fourth-order valence-corrected chi connectivity index (χ4v) is 3.63. The second-order valence-electron chi connectivity index (χ2n) is 3.61. The summed E-state index contributed by atoms with van der Waals surface area (Å²) in [4.78, 5) is 0.983. The smallest absolute Gasteiger partial charge is 0.225 e. The van der Waals surface area contributed by atoms with E-state index in [4.69, 9.17) is 5.14 Å². The summed E-state index contributed by atoms with van der Waals surface area (Å²) in [7, 11) is -3.63. The summed E-state index contributed by atoms with van der Waals surface area (Å²) < 4.78 is 22.8. The SMILES string of the molecule is Cc1cccc(SC(C)C)c1S(N)(=O)=O. The summed E-state index contributed by atoms with van der Waals surface area (Å²) >= 11 is 1.51. The van der Waals surface area contributed by atoms with Gasteiger partial charge in [-0.25, -0.2) is 13.6 Å². The lowest BCUT2D eigenvalue weighted by molar-refractivity contribution is 0.595. The van der Waals surface area contributed by atoms with Crippen LogP contribution in [0.15, 0.2) is 28.0 Å². The third-order valence-electron chi connectivity index (χ3n) is 1.82. The van der Waals surface area contributed by atoms with Crippen molar-refractivity contribution in [2.24, 2.45) is 5.14 Å². The van der Waals surface area contributed by atoms with Crippen molar-refractivity contribution in [1.29, 1.82) is 0 Å². The highest BCUT2D eigenvalue weighted by Crippen LogP contribution is 2.30. The van der Waals surface area contributed by atoms with E-state index in [1.165, 1.54) is 11.8 Å². The van der Waals surface area contributed by atoms with E-state index in [9.17, 15) is 8.42 Å². The van der Waals surface area contributed by atoms with Crippen molar-refractivity contribution in [1.82, 2.24) is 0 Å². The quantitative estimate of drug-likeness (QED) is 0.830. The maximum absolute atomic E-state index is 11.4. The topological polar surface area (TPSA) is 60.2 Å². The van der Waals surface area contributed by atoms with Gasteiger partial charge in [0.05, 0.1) is 4.90 Å². The van der Waals surface area contributed by atoms with Gasteiger partial charge in [-0.2, -0.15) is 0 Å². The van der Waals surface area contributed by atoms with E-state index in [1.807, 2.05) is 19.9 Å². The highest BCUT2D eigenvalue weighted by atomic mass is 32.2. The molecule has 0 radical (unpaired) electrons. The van der Waals surface area contributed by atoms with Gasteiger partial charge in [-0.3, -0.25) is 0 Å². The zero-order valence-corrected chi connectivity index (χ0v) is 10.7. The van der Waals surface area contributed by atoms with E-state index in [0.29, 0.717) is 10.8 Å². The molecule has 0 atom stereocenters. The van der Waals surface area contributed by atoms with Crippen LogP contribution in [0.2, 0.25) is 0 Å². The van der Waals surface area contributed by atoms with E-state index >= 15 is 0 Å². The highest BCUT2D eigenvalue weighted by Gasteiger charge is 2.17. The third-order valence-corrected chi connectivity index (χ3v) is 4.13. The van der Waals surface area contributed by atoms with Crippen molar-refractivity contribution >= 4 is 21.8 Å². The Morgan fingerprint density at radius 2 is 1.93 bits per heavy atom. The molecule has 0 saturated heterocycles. The Morgan fingerprint density at radius 3 is 2.40 bits per heavy atom. The molecule has 5 heteroatoms. The molecular formula is C10H15NO2S2. The van der Waals surface area contributed by atoms with Gasteiger partial charge in [0.1, 0.15) is 0 Å². The van der Waals surface area contributed by atoms with Crippen LogP contribution >= 0.6 is 11.8 Å². The number of thioether (sulfide) groups is 1. The standard InChI is InChI=1S/C10H15NO2S2/c1-7(2)14-9-6-4-5-8(3)10(9)15(11,12)13/h4-7H,1-3H3,(H2,11,12,13). The molecule has 0 amide bonds. The number of sulfonamides is 1. The predicted octanol–water partition coefficient (Wildman–Crippen LogP) is 2.14. The molecule has 0 heterocycles. The average Bonchev–Trinajstić information content (AvgIpc) is 1.99. The molecule has 0 aromatic heterocycles. The number of hydrogen-bond acceptors (Lipinski definition) is 3. The lowest BCUT2D eigenvalue weighted by atomic mass is 10.2. The molecule has 3 nitrogen and oxygen atoms in total. The zero-order chi connectivity index (χ0) is 11.6. The third kappa shape index (κ3) is 3.22. The van der Waals surface area contributed by atoms with E-state index in [2.05, 4.69) is 0 Å². The van der Waals surface area contributed by atoms with Crippen LogP contribution in [-0.4, -0.2) is 13.7 Å². The minimum atomic E-state index is -3.63. The lowest BCUT2D eigenvalue weighted by Gasteiger charge is -2.11. The average molecular weight is 245 g/mol. The number of rotatable bonds is 3. The van der Waals surface area contributed by atoms with E-state index in [1.54, 1.807) is 19.1 Å². The minimum absolute atomic E-state index is 0.253. The Morgan fingerprint density at radius 1 is 1.33 bits per heavy atom. The summed E-state index contributed by atoms with van der Waals surface area (Å²) in [6.45, 7) is 5.78. The molecule has 0 aliphatic rings. The first kappa shape index (κ1) is 12.5. The van der Waals surface area contributed by atoms with Crippen LogP contribution in [0.25, 0.3) is 0 Å². The van der Waals surface area contributed by atoms with Crippen LogP contribution in [0.4, 0.5) is 0 Å². The van der Waals surface area contributed by atoms with Gasteiger partial charge in [0.15, 0.2) is 0 Å². The summed E-state index contributed by atoms with van der Waals surface area (Å²) in [6.07, 6.45) is 0. The van der Waals surface area contributed by atoms with Gasteiger partial charge in [0, 0.05) is 10.1 Å². The normalized spacial score (nSPS) is 12.1. The number of benzene rings is 1. The molecule has 0 saturated carbocycles. The molecule has 1 aromatic carbocycles. The molecular weight excluding hydrogens is 230 g/mol. The second kappa shape index (κ2) is 4.55. The van der Waals surface area contributed by atoms with Crippen molar-refractivity contribution in [2.75, 3.05) is 0 Å². The van der Waals surface area contributed by atoms with Crippen molar-refractivity contribution in [2.45, 2.75) is 35.8 Å². The summed E-state index contributed by atoms with van der Waals surface area (Å²) in [5.41, 5.74) is 0.697. The van der Waals surface area contributed by atoms with Crippen molar-refractivity contribution < 1.29 is 8.42 Å². The largest absolute Gasteiger partial charge is 0.239 e. The molecule has 15 heavy (non-hydrogen) atoms. The van der Waals surface area contributed by atoms with Gasteiger partial charge in [0.25, 0.3) is 0 Å². The molecule has 0 aliphatic carbocycles. The fraction of sp³-hybridized carbons (Fsp3) is 0.400. The molecule has 0 bridgehead atoms. The summed E-state index contributed by atoms with van der Waals surface area (Å²) in [6, 6.07) is 5.39. The van der Waals surface area contributed by atoms with Crippen LogP contribution in [0.3, 0.4) is 0 Å². The van der Waals surface area contributed by atoms with Gasteiger partial charge in [-0.05, 0) is 18.6 Å². The number of hydrogen-bond donors (Lipinski definition) is 1. The zero-order valence-electron chi connectivity index (χ0n) is 9.02. The number of aryl methyl sites for hydroxylation is 1. The molecule has 2 N–H and O–H groups in total. The molecule has 84 valence electrons. The Hall–Kier alpha value is -0.520. The van der Waals surface area contributed by atoms with E-state index < -0.39 is 10.0 Å². The Balaban J connectivity index is 3.34.